The van der Waals surface area contributed by atoms with Crippen molar-refractivity contribution in [3.8, 4) is 0 Å². The summed E-state index contributed by atoms with van der Waals surface area (Å²) in [4.78, 5) is 14.4. The highest BCUT2D eigenvalue weighted by atomic mass is 16.2. The molecule has 1 aliphatic rings. The highest BCUT2D eigenvalue weighted by Gasteiger charge is 2.24. The van der Waals surface area contributed by atoms with Crippen LogP contribution in [0.2, 0.25) is 0 Å². The van der Waals surface area contributed by atoms with Gasteiger partial charge in [0.05, 0.1) is 12.0 Å². The molecule has 1 N–H and O–H groups in total. The van der Waals surface area contributed by atoms with Crippen LogP contribution < -0.4 is 5.32 Å². The van der Waals surface area contributed by atoms with Gasteiger partial charge in [0, 0.05) is 6.54 Å². The molecule has 0 aliphatic carbocycles. The first-order valence-electron chi connectivity index (χ1n) is 6.70. The van der Waals surface area contributed by atoms with Crippen molar-refractivity contribution in [2.75, 3.05) is 20.1 Å². The molecule has 2 rings (SSSR count). The summed E-state index contributed by atoms with van der Waals surface area (Å²) in [7, 11) is 2.08. The van der Waals surface area contributed by atoms with Gasteiger partial charge in [-0.2, -0.15) is 0 Å². The Hall–Kier alpha value is -1.35. The molecule has 98 valence electrons. The van der Waals surface area contributed by atoms with E-state index in [1.165, 1.54) is 0 Å². The summed E-state index contributed by atoms with van der Waals surface area (Å²) in [6, 6.07) is 10.2. The Morgan fingerprint density at radius 1 is 1.39 bits per heavy atom. The second-order valence-corrected chi connectivity index (χ2v) is 5.24. The van der Waals surface area contributed by atoms with Gasteiger partial charge in [-0.25, -0.2) is 0 Å². The lowest BCUT2D eigenvalue weighted by Crippen LogP contribution is -2.42. The molecule has 1 aliphatic heterocycles. The van der Waals surface area contributed by atoms with Gasteiger partial charge in [-0.3, -0.25) is 4.79 Å². The van der Waals surface area contributed by atoms with Gasteiger partial charge in [-0.05, 0) is 38.9 Å². The summed E-state index contributed by atoms with van der Waals surface area (Å²) < 4.78 is 0. The van der Waals surface area contributed by atoms with Crippen molar-refractivity contribution in [1.29, 1.82) is 0 Å². The van der Waals surface area contributed by atoms with Crippen LogP contribution in [0.25, 0.3) is 0 Å². The predicted octanol–water partition coefficient (Wildman–Crippen LogP) is 2.21. The predicted molar refractivity (Wildman–Crippen MR) is 73.2 cm³/mol. The van der Waals surface area contributed by atoms with Crippen molar-refractivity contribution >= 4 is 5.91 Å². The minimum absolute atomic E-state index is 0.0888. The molecule has 0 spiro atoms. The lowest BCUT2D eigenvalue weighted by Gasteiger charge is -2.29. The third-order valence-electron chi connectivity index (χ3n) is 3.65. The molecule has 1 aromatic rings. The van der Waals surface area contributed by atoms with Gasteiger partial charge in [0.1, 0.15) is 0 Å². The zero-order valence-corrected chi connectivity index (χ0v) is 11.2. The fourth-order valence-corrected chi connectivity index (χ4v) is 2.54. The van der Waals surface area contributed by atoms with Crippen molar-refractivity contribution < 1.29 is 4.79 Å². The molecule has 1 heterocycles. The lowest BCUT2D eigenvalue weighted by atomic mass is 9.97. The van der Waals surface area contributed by atoms with E-state index >= 15 is 0 Å². The Kier molecular flexibility index (Phi) is 4.37. The molecule has 0 bridgehead atoms. The molecule has 1 amide bonds. The van der Waals surface area contributed by atoms with Gasteiger partial charge in [0.15, 0.2) is 0 Å². The summed E-state index contributed by atoms with van der Waals surface area (Å²) in [5.41, 5.74) is 1.16. The smallest absolute Gasteiger partial charge is 0.224 e. The topological polar surface area (TPSA) is 32.3 Å². The first kappa shape index (κ1) is 13.1. The third-order valence-corrected chi connectivity index (χ3v) is 3.65. The van der Waals surface area contributed by atoms with E-state index in [2.05, 4.69) is 29.4 Å². The Balaban J connectivity index is 1.91. The number of amides is 1. The van der Waals surface area contributed by atoms with Crippen LogP contribution in [0.5, 0.6) is 0 Å². The molecule has 1 fully saturated rings. The molecule has 1 aromatic carbocycles. The normalized spacial score (nSPS) is 22.4. The first-order chi connectivity index (χ1) is 8.66. The fraction of sp³-hybridized carbons (Fsp3) is 0.533. The summed E-state index contributed by atoms with van der Waals surface area (Å²) in [6.07, 6.45) is 2.13. The monoisotopic (exact) mass is 246 g/mol. The molecule has 3 heteroatoms. The number of carbonyl (C=O) groups is 1. The highest BCUT2D eigenvalue weighted by Crippen LogP contribution is 2.17. The molecule has 3 nitrogen and oxygen atoms in total. The zero-order chi connectivity index (χ0) is 13.0. The van der Waals surface area contributed by atoms with Crippen LogP contribution in [-0.2, 0) is 4.79 Å². The van der Waals surface area contributed by atoms with Crippen molar-refractivity contribution in [3.63, 3.8) is 0 Å². The van der Waals surface area contributed by atoms with Crippen LogP contribution in [0.3, 0.4) is 0 Å². The summed E-state index contributed by atoms with van der Waals surface area (Å²) in [6.45, 7) is 4.03. The molecule has 0 unspecified atom stereocenters. The fourth-order valence-electron chi connectivity index (χ4n) is 2.54. The molecule has 2 atom stereocenters. The SMILES string of the molecule is C[C@@H](NC(=O)[C@H]1CCCN(C)C1)c1ccccc1. The number of hydrogen-bond donors (Lipinski definition) is 1. The van der Waals surface area contributed by atoms with E-state index in [4.69, 9.17) is 0 Å². The standard InChI is InChI=1S/C15H22N2O/c1-12(13-7-4-3-5-8-13)16-15(18)14-9-6-10-17(2)11-14/h3-5,7-8,12,14H,6,9-11H2,1-2H3,(H,16,18)/t12-,14+/m1/s1. The van der Waals surface area contributed by atoms with E-state index in [0.29, 0.717) is 0 Å². The number of nitrogens with one attached hydrogen (secondary N) is 1. The second kappa shape index (κ2) is 6.01. The Bertz CT molecular complexity index is 391. The van der Waals surface area contributed by atoms with Gasteiger partial charge < -0.3 is 10.2 Å². The van der Waals surface area contributed by atoms with Crippen LogP contribution >= 0.6 is 0 Å². The lowest BCUT2D eigenvalue weighted by molar-refractivity contribution is -0.127. The maximum atomic E-state index is 12.2. The summed E-state index contributed by atoms with van der Waals surface area (Å²) in [5, 5.41) is 3.12. The number of hydrogen-bond acceptors (Lipinski definition) is 2. The Morgan fingerprint density at radius 2 is 2.11 bits per heavy atom. The Morgan fingerprint density at radius 3 is 2.78 bits per heavy atom. The minimum Gasteiger partial charge on any atom is -0.349 e. The summed E-state index contributed by atoms with van der Waals surface area (Å²) in [5.74, 6) is 0.341. The maximum absolute atomic E-state index is 12.2. The van der Waals surface area contributed by atoms with E-state index < -0.39 is 0 Å². The molecule has 0 saturated carbocycles. The van der Waals surface area contributed by atoms with Gasteiger partial charge in [-0.15, -0.1) is 0 Å². The highest BCUT2D eigenvalue weighted by molar-refractivity contribution is 5.79. The first-order valence-corrected chi connectivity index (χ1v) is 6.70. The molecule has 18 heavy (non-hydrogen) atoms. The number of piperidine rings is 1. The molecule has 0 radical (unpaired) electrons. The van der Waals surface area contributed by atoms with E-state index in [1.807, 2.05) is 25.1 Å². The van der Waals surface area contributed by atoms with Gasteiger partial charge in [0.2, 0.25) is 5.91 Å². The van der Waals surface area contributed by atoms with Crippen LogP contribution in [0.4, 0.5) is 0 Å². The molecule has 0 aromatic heterocycles. The maximum Gasteiger partial charge on any atom is 0.224 e. The molecular weight excluding hydrogens is 224 g/mol. The number of nitrogens with zero attached hydrogens (tertiary/aromatic N) is 1. The van der Waals surface area contributed by atoms with Crippen LogP contribution in [0, 0.1) is 5.92 Å². The van der Waals surface area contributed by atoms with Crippen molar-refractivity contribution in [1.82, 2.24) is 10.2 Å². The van der Waals surface area contributed by atoms with Crippen molar-refractivity contribution in [3.05, 3.63) is 35.9 Å². The van der Waals surface area contributed by atoms with Crippen molar-refractivity contribution in [2.24, 2.45) is 5.92 Å². The quantitative estimate of drug-likeness (QED) is 0.887. The number of carbonyl (C=O) groups excluding carboxylic acids is 1. The van der Waals surface area contributed by atoms with Crippen LogP contribution in [-0.4, -0.2) is 30.9 Å². The van der Waals surface area contributed by atoms with E-state index in [9.17, 15) is 4.79 Å². The van der Waals surface area contributed by atoms with Crippen LogP contribution in [0.1, 0.15) is 31.4 Å². The van der Waals surface area contributed by atoms with Crippen molar-refractivity contribution in [2.45, 2.75) is 25.8 Å². The molecular formula is C15H22N2O. The second-order valence-electron chi connectivity index (χ2n) is 5.24. The average molecular weight is 246 g/mol. The van der Waals surface area contributed by atoms with E-state index in [0.717, 1.165) is 31.5 Å². The third kappa shape index (κ3) is 3.33. The number of rotatable bonds is 3. The average Bonchev–Trinajstić information content (AvgIpc) is 2.39. The minimum atomic E-state index is 0.0888. The zero-order valence-electron chi connectivity index (χ0n) is 11.2. The number of benzene rings is 1. The van der Waals surface area contributed by atoms with Gasteiger partial charge in [0.25, 0.3) is 0 Å². The van der Waals surface area contributed by atoms with Gasteiger partial charge >= 0.3 is 0 Å². The number of likely N-dealkylation sites (tertiary alicyclic amines) is 1. The molecule has 1 saturated heterocycles. The van der Waals surface area contributed by atoms with E-state index in [-0.39, 0.29) is 17.9 Å². The summed E-state index contributed by atoms with van der Waals surface area (Å²) >= 11 is 0. The largest absolute Gasteiger partial charge is 0.349 e. The van der Waals surface area contributed by atoms with Gasteiger partial charge in [-0.1, -0.05) is 30.3 Å². The Labute approximate surface area is 109 Å². The van der Waals surface area contributed by atoms with E-state index in [1.54, 1.807) is 0 Å². The van der Waals surface area contributed by atoms with Crippen LogP contribution in [0.15, 0.2) is 30.3 Å².